The molecule has 20 heavy (non-hydrogen) atoms. The van der Waals surface area contributed by atoms with Gasteiger partial charge in [-0.25, -0.2) is 0 Å². The topological polar surface area (TPSA) is 59.4 Å². The molecule has 1 unspecified atom stereocenters. The molecule has 1 aliphatic rings. The van der Waals surface area contributed by atoms with Crippen molar-refractivity contribution < 1.29 is 4.79 Å². The molecule has 106 valence electrons. The van der Waals surface area contributed by atoms with Gasteiger partial charge in [0, 0.05) is 37.8 Å². The van der Waals surface area contributed by atoms with Gasteiger partial charge < -0.3 is 10.2 Å². The lowest BCUT2D eigenvalue weighted by Gasteiger charge is -2.37. The molecule has 1 N–H and O–H groups in total. The summed E-state index contributed by atoms with van der Waals surface area (Å²) in [6, 6.07) is 9.08. The van der Waals surface area contributed by atoms with Crippen LogP contribution in [-0.4, -0.2) is 62.0 Å². The first-order valence-corrected chi connectivity index (χ1v) is 6.77. The van der Waals surface area contributed by atoms with E-state index in [9.17, 15) is 4.79 Å². The van der Waals surface area contributed by atoms with Crippen LogP contribution >= 0.6 is 0 Å². The van der Waals surface area contributed by atoms with Crippen molar-refractivity contribution >= 4 is 5.91 Å². The lowest BCUT2D eigenvalue weighted by atomic mass is 10.1. The van der Waals surface area contributed by atoms with Crippen molar-refractivity contribution in [2.45, 2.75) is 6.04 Å². The van der Waals surface area contributed by atoms with Crippen LogP contribution in [0.1, 0.15) is 15.9 Å². The third-order valence-electron chi connectivity index (χ3n) is 3.75. The maximum Gasteiger partial charge on any atom is 0.251 e. The number of benzene rings is 1. The van der Waals surface area contributed by atoms with Crippen LogP contribution < -0.4 is 5.32 Å². The SMILES string of the molecule is CN1CCN(C)C(CNC(=O)c2ccc(C#N)cc2)C1. The zero-order valence-electron chi connectivity index (χ0n) is 12.0. The van der Waals surface area contributed by atoms with Crippen LogP contribution in [0.25, 0.3) is 0 Å². The third-order valence-corrected chi connectivity index (χ3v) is 3.75. The van der Waals surface area contributed by atoms with Crippen LogP contribution in [0.2, 0.25) is 0 Å². The molecule has 0 saturated carbocycles. The van der Waals surface area contributed by atoms with Gasteiger partial charge in [0.25, 0.3) is 5.91 Å². The summed E-state index contributed by atoms with van der Waals surface area (Å²) in [4.78, 5) is 16.6. The van der Waals surface area contributed by atoms with E-state index in [1.54, 1.807) is 24.3 Å². The summed E-state index contributed by atoms with van der Waals surface area (Å²) in [7, 11) is 4.19. The Kier molecular flexibility index (Phi) is 4.72. The van der Waals surface area contributed by atoms with E-state index in [-0.39, 0.29) is 5.91 Å². The molecular weight excluding hydrogens is 252 g/mol. The summed E-state index contributed by atoms with van der Waals surface area (Å²) in [6.45, 7) is 3.69. The highest BCUT2D eigenvalue weighted by Gasteiger charge is 2.22. The molecule has 2 rings (SSSR count). The van der Waals surface area contributed by atoms with Crippen LogP contribution in [0.15, 0.2) is 24.3 Å². The number of nitrogens with zero attached hydrogens (tertiary/aromatic N) is 3. The fourth-order valence-electron chi connectivity index (χ4n) is 2.33. The number of piperazine rings is 1. The fraction of sp³-hybridized carbons (Fsp3) is 0.467. The van der Waals surface area contributed by atoms with Gasteiger partial charge >= 0.3 is 0 Å². The van der Waals surface area contributed by atoms with Crippen LogP contribution in [-0.2, 0) is 0 Å². The molecule has 5 heteroatoms. The Labute approximate surface area is 119 Å². The van der Waals surface area contributed by atoms with Crippen LogP contribution in [0.3, 0.4) is 0 Å². The molecule has 1 fully saturated rings. The predicted octanol–water partition coefficient (Wildman–Crippen LogP) is 0.534. The van der Waals surface area contributed by atoms with E-state index < -0.39 is 0 Å². The molecule has 1 aromatic carbocycles. The molecular formula is C15H20N4O. The highest BCUT2D eigenvalue weighted by molar-refractivity contribution is 5.94. The molecule has 0 radical (unpaired) electrons. The van der Waals surface area contributed by atoms with Gasteiger partial charge in [-0.05, 0) is 38.4 Å². The second kappa shape index (κ2) is 6.51. The Morgan fingerprint density at radius 3 is 2.70 bits per heavy atom. The van der Waals surface area contributed by atoms with Crippen molar-refractivity contribution in [2.24, 2.45) is 0 Å². The number of nitriles is 1. The fourth-order valence-corrected chi connectivity index (χ4v) is 2.33. The van der Waals surface area contributed by atoms with Gasteiger partial charge in [-0.1, -0.05) is 0 Å². The molecule has 1 heterocycles. The molecule has 0 bridgehead atoms. The highest BCUT2D eigenvalue weighted by atomic mass is 16.1. The van der Waals surface area contributed by atoms with Gasteiger partial charge in [-0.15, -0.1) is 0 Å². The number of likely N-dealkylation sites (N-methyl/N-ethyl adjacent to an activating group) is 2. The minimum atomic E-state index is -0.0869. The zero-order chi connectivity index (χ0) is 14.5. The monoisotopic (exact) mass is 272 g/mol. The Bertz CT molecular complexity index is 506. The quantitative estimate of drug-likeness (QED) is 0.872. The molecule has 0 aliphatic carbocycles. The van der Waals surface area contributed by atoms with Gasteiger partial charge in [0.1, 0.15) is 0 Å². The number of hydrogen-bond donors (Lipinski definition) is 1. The Morgan fingerprint density at radius 2 is 2.05 bits per heavy atom. The summed E-state index contributed by atoms with van der Waals surface area (Å²) >= 11 is 0. The number of rotatable bonds is 3. The number of amides is 1. The van der Waals surface area contributed by atoms with Crippen molar-refractivity contribution in [3.63, 3.8) is 0 Å². The first kappa shape index (κ1) is 14.5. The number of nitrogens with one attached hydrogen (secondary N) is 1. The molecule has 1 amide bonds. The molecule has 1 aliphatic heterocycles. The van der Waals surface area contributed by atoms with Gasteiger partial charge in [-0.3, -0.25) is 9.69 Å². The summed E-state index contributed by atoms with van der Waals surface area (Å²) in [5.74, 6) is -0.0869. The van der Waals surface area contributed by atoms with Crippen molar-refractivity contribution in [2.75, 3.05) is 40.3 Å². The van der Waals surface area contributed by atoms with Gasteiger partial charge in [0.05, 0.1) is 11.6 Å². The maximum absolute atomic E-state index is 12.0. The molecule has 1 atom stereocenters. The smallest absolute Gasteiger partial charge is 0.251 e. The van der Waals surface area contributed by atoms with Crippen LogP contribution in [0.5, 0.6) is 0 Å². The first-order valence-electron chi connectivity index (χ1n) is 6.77. The van der Waals surface area contributed by atoms with Gasteiger partial charge in [-0.2, -0.15) is 5.26 Å². The van der Waals surface area contributed by atoms with E-state index in [0.29, 0.717) is 23.7 Å². The lowest BCUT2D eigenvalue weighted by Crippen LogP contribution is -2.54. The lowest BCUT2D eigenvalue weighted by molar-refractivity contribution is 0.0881. The Balaban J connectivity index is 1.89. The Morgan fingerprint density at radius 1 is 1.35 bits per heavy atom. The minimum Gasteiger partial charge on any atom is -0.350 e. The van der Waals surface area contributed by atoms with E-state index in [0.717, 1.165) is 19.6 Å². The first-order chi connectivity index (χ1) is 9.60. The van der Waals surface area contributed by atoms with E-state index in [1.807, 2.05) is 6.07 Å². The number of carbonyl (C=O) groups excluding carboxylic acids is 1. The summed E-state index contributed by atoms with van der Waals surface area (Å²) in [5.41, 5.74) is 1.16. The zero-order valence-corrected chi connectivity index (χ0v) is 12.0. The van der Waals surface area contributed by atoms with Gasteiger partial charge in [0.2, 0.25) is 0 Å². The second-order valence-electron chi connectivity index (χ2n) is 5.30. The normalized spacial score (nSPS) is 20.4. The average molecular weight is 272 g/mol. The largest absolute Gasteiger partial charge is 0.350 e. The second-order valence-corrected chi connectivity index (χ2v) is 5.30. The molecule has 1 saturated heterocycles. The van der Waals surface area contributed by atoms with Crippen LogP contribution in [0, 0.1) is 11.3 Å². The average Bonchev–Trinajstić information content (AvgIpc) is 2.48. The van der Waals surface area contributed by atoms with Crippen molar-refractivity contribution in [3.8, 4) is 6.07 Å². The van der Waals surface area contributed by atoms with E-state index in [1.165, 1.54) is 0 Å². The Hall–Kier alpha value is -1.90. The summed E-state index contributed by atoms with van der Waals surface area (Å²) in [5, 5.41) is 11.7. The van der Waals surface area contributed by atoms with Crippen molar-refractivity contribution in [1.82, 2.24) is 15.1 Å². The van der Waals surface area contributed by atoms with Crippen LogP contribution in [0.4, 0.5) is 0 Å². The summed E-state index contributed by atoms with van der Waals surface area (Å²) in [6.07, 6.45) is 0. The van der Waals surface area contributed by atoms with Gasteiger partial charge in [0.15, 0.2) is 0 Å². The van der Waals surface area contributed by atoms with Crippen molar-refractivity contribution in [1.29, 1.82) is 5.26 Å². The highest BCUT2D eigenvalue weighted by Crippen LogP contribution is 2.06. The molecule has 0 spiro atoms. The van der Waals surface area contributed by atoms with E-state index >= 15 is 0 Å². The van der Waals surface area contributed by atoms with E-state index in [4.69, 9.17) is 5.26 Å². The molecule has 0 aromatic heterocycles. The standard InChI is InChI=1S/C15H20N4O/c1-18-7-8-19(2)14(11-18)10-17-15(20)13-5-3-12(9-16)4-6-13/h3-6,14H,7-8,10-11H2,1-2H3,(H,17,20). The van der Waals surface area contributed by atoms with E-state index in [2.05, 4.69) is 29.2 Å². The molecule has 5 nitrogen and oxygen atoms in total. The van der Waals surface area contributed by atoms with Crippen molar-refractivity contribution in [3.05, 3.63) is 35.4 Å². The number of hydrogen-bond acceptors (Lipinski definition) is 4. The number of carbonyl (C=O) groups is 1. The summed E-state index contributed by atoms with van der Waals surface area (Å²) < 4.78 is 0. The predicted molar refractivity (Wildman–Crippen MR) is 77.4 cm³/mol. The third kappa shape index (κ3) is 3.56. The maximum atomic E-state index is 12.0. The molecule has 1 aromatic rings. The minimum absolute atomic E-state index is 0.0869.